The van der Waals surface area contributed by atoms with Crippen molar-refractivity contribution in [3.63, 3.8) is 0 Å². The third-order valence-electron chi connectivity index (χ3n) is 4.54. The molecule has 0 amide bonds. The van der Waals surface area contributed by atoms with Crippen LogP contribution in [0.2, 0.25) is 0 Å². The minimum Gasteiger partial charge on any atom is -0.507 e. The van der Waals surface area contributed by atoms with E-state index in [9.17, 15) is 29.3 Å². The molecule has 1 aromatic rings. The van der Waals surface area contributed by atoms with Crippen LogP contribution in [0.5, 0.6) is 11.5 Å². The molecule has 4 atom stereocenters. The van der Waals surface area contributed by atoms with Crippen LogP contribution < -0.4 is 4.74 Å². The number of methoxy groups -OCH3 is 1. The number of aromatic hydroxyl groups is 1. The number of ether oxygens (including phenoxy) is 2. The average Bonchev–Trinajstić information content (AvgIpc) is 2.63. The number of aliphatic hydroxyl groups is 2. The van der Waals surface area contributed by atoms with Crippen molar-refractivity contribution in [3.05, 3.63) is 41.5 Å². The lowest BCUT2D eigenvalue weighted by Gasteiger charge is -2.25. The third-order valence-corrected chi connectivity index (χ3v) is 4.54. The Morgan fingerprint density at radius 3 is 2.57 bits per heavy atom. The predicted octanol–water partition coefficient (Wildman–Crippen LogP) is 1.94. The zero-order valence-corrected chi connectivity index (χ0v) is 15.8. The second-order valence-electron chi connectivity index (χ2n) is 6.70. The molecule has 0 fully saturated rings. The number of rotatable bonds is 1. The number of phenols is 1. The molecule has 8 heteroatoms. The molecule has 1 aliphatic rings. The van der Waals surface area contributed by atoms with Gasteiger partial charge in [0.2, 0.25) is 0 Å². The van der Waals surface area contributed by atoms with E-state index in [1.54, 1.807) is 0 Å². The van der Waals surface area contributed by atoms with Gasteiger partial charge in [-0.2, -0.15) is 0 Å². The summed E-state index contributed by atoms with van der Waals surface area (Å²) in [7, 11) is 1.38. The fourth-order valence-electron chi connectivity index (χ4n) is 2.56. The van der Waals surface area contributed by atoms with Crippen LogP contribution in [0.3, 0.4) is 0 Å². The molecule has 0 aliphatic carbocycles. The first kappa shape index (κ1) is 21.6. The van der Waals surface area contributed by atoms with E-state index in [1.165, 1.54) is 38.3 Å². The molecule has 2 rings (SSSR count). The lowest BCUT2D eigenvalue weighted by molar-refractivity contribution is -0.127. The van der Waals surface area contributed by atoms with Gasteiger partial charge in [-0.1, -0.05) is 12.2 Å². The number of aliphatic hydroxyl groups excluding tert-OH is 2. The average molecular weight is 394 g/mol. The summed E-state index contributed by atoms with van der Waals surface area (Å²) in [5, 5.41) is 30.1. The Hall–Kier alpha value is -2.71. The molecule has 3 N–H and O–H groups in total. The van der Waals surface area contributed by atoms with E-state index in [4.69, 9.17) is 9.47 Å². The highest BCUT2D eigenvalue weighted by atomic mass is 19.1. The summed E-state index contributed by atoms with van der Waals surface area (Å²) >= 11 is 0. The number of halogens is 1. The molecule has 0 radical (unpaired) electrons. The molecule has 0 bridgehead atoms. The number of alkyl halides is 1. The summed E-state index contributed by atoms with van der Waals surface area (Å²) in [6.07, 6.45) is -0.123. The van der Waals surface area contributed by atoms with Crippen LogP contribution in [0.25, 0.3) is 6.08 Å². The van der Waals surface area contributed by atoms with Crippen molar-refractivity contribution in [1.29, 1.82) is 0 Å². The highest BCUT2D eigenvalue weighted by Gasteiger charge is 2.34. The van der Waals surface area contributed by atoms with Crippen molar-refractivity contribution in [1.82, 2.24) is 0 Å². The molecule has 0 aromatic heterocycles. The largest absolute Gasteiger partial charge is 0.507 e. The maximum Gasteiger partial charge on any atom is 0.342 e. The third kappa shape index (κ3) is 4.76. The predicted molar refractivity (Wildman–Crippen MR) is 98.9 cm³/mol. The molecule has 7 nitrogen and oxygen atoms in total. The molecule has 3 unspecified atom stereocenters. The fraction of sp³-hybridized carbons (Fsp3) is 0.400. The van der Waals surface area contributed by atoms with Crippen molar-refractivity contribution < 1.29 is 38.8 Å². The number of phenolic OH excluding ortho intramolecular Hbond substituents is 1. The number of hydrogen-bond donors (Lipinski definition) is 3. The SMILES string of the molecule is COc1cc(O)c2c(c1)/C=C/C[C@H](O)C(O)C(=O)/C=C\C(C)(F)C(C)OC2=O. The van der Waals surface area contributed by atoms with Crippen LogP contribution in [-0.2, 0) is 9.53 Å². The smallest absolute Gasteiger partial charge is 0.342 e. The zero-order valence-electron chi connectivity index (χ0n) is 15.8. The van der Waals surface area contributed by atoms with Gasteiger partial charge in [-0.05, 0) is 44.1 Å². The van der Waals surface area contributed by atoms with Gasteiger partial charge in [0.1, 0.15) is 29.3 Å². The second-order valence-corrected chi connectivity index (χ2v) is 6.70. The highest BCUT2D eigenvalue weighted by molar-refractivity contribution is 5.97. The summed E-state index contributed by atoms with van der Waals surface area (Å²) in [5.74, 6) is -2.00. The normalized spacial score (nSPS) is 31.3. The van der Waals surface area contributed by atoms with Gasteiger partial charge in [0, 0.05) is 6.07 Å². The van der Waals surface area contributed by atoms with Gasteiger partial charge in [0.05, 0.1) is 13.2 Å². The van der Waals surface area contributed by atoms with E-state index in [0.29, 0.717) is 0 Å². The molecular weight excluding hydrogens is 371 g/mol. The van der Waals surface area contributed by atoms with Gasteiger partial charge < -0.3 is 24.8 Å². The maximum absolute atomic E-state index is 14.8. The summed E-state index contributed by atoms with van der Waals surface area (Å²) in [4.78, 5) is 24.5. The number of ketones is 1. The quantitative estimate of drug-likeness (QED) is 0.624. The van der Waals surface area contributed by atoms with Crippen molar-refractivity contribution in [2.24, 2.45) is 0 Å². The number of benzene rings is 1. The van der Waals surface area contributed by atoms with Gasteiger partial charge in [-0.15, -0.1) is 0 Å². The van der Waals surface area contributed by atoms with E-state index < -0.39 is 41.5 Å². The van der Waals surface area contributed by atoms with E-state index in [2.05, 4.69) is 0 Å². The van der Waals surface area contributed by atoms with E-state index in [0.717, 1.165) is 19.1 Å². The Kier molecular flexibility index (Phi) is 6.58. The zero-order chi connectivity index (χ0) is 21.1. The first-order valence-corrected chi connectivity index (χ1v) is 8.63. The summed E-state index contributed by atoms with van der Waals surface area (Å²) in [6.45, 7) is 2.39. The molecule has 0 spiro atoms. The van der Waals surface area contributed by atoms with E-state index in [1.807, 2.05) is 0 Å². The number of esters is 1. The first-order valence-electron chi connectivity index (χ1n) is 8.63. The van der Waals surface area contributed by atoms with Crippen molar-refractivity contribution in [2.75, 3.05) is 7.11 Å². The lowest BCUT2D eigenvalue weighted by atomic mass is 9.98. The Morgan fingerprint density at radius 2 is 1.93 bits per heavy atom. The minimum atomic E-state index is -2.24. The molecule has 0 saturated heterocycles. The van der Waals surface area contributed by atoms with Crippen LogP contribution >= 0.6 is 0 Å². The van der Waals surface area contributed by atoms with Gasteiger partial charge in [-0.3, -0.25) is 4.79 Å². The van der Waals surface area contributed by atoms with Gasteiger partial charge >= 0.3 is 5.97 Å². The molecule has 1 heterocycles. The Morgan fingerprint density at radius 1 is 1.25 bits per heavy atom. The second kappa shape index (κ2) is 8.53. The number of carbonyl (C=O) groups excluding carboxylic acids is 2. The molecular formula is C20H23FO7. The molecule has 1 aromatic carbocycles. The van der Waals surface area contributed by atoms with Gasteiger partial charge in [-0.25, -0.2) is 9.18 Å². The molecule has 152 valence electrons. The summed E-state index contributed by atoms with van der Waals surface area (Å²) < 4.78 is 25.1. The minimum absolute atomic E-state index is 0.128. The van der Waals surface area contributed by atoms with Crippen LogP contribution in [0.1, 0.15) is 36.2 Å². The number of fused-ring (bicyclic) bond motifs is 1. The highest BCUT2D eigenvalue weighted by Crippen LogP contribution is 2.31. The molecule has 0 saturated carbocycles. The number of cyclic esters (lactones) is 1. The summed E-state index contributed by atoms with van der Waals surface area (Å²) in [5.41, 5.74) is -2.24. The first-order chi connectivity index (χ1) is 13.1. The maximum atomic E-state index is 14.8. The van der Waals surface area contributed by atoms with Crippen LogP contribution in [0, 0.1) is 0 Å². The van der Waals surface area contributed by atoms with Gasteiger partial charge in [0.15, 0.2) is 11.5 Å². The van der Waals surface area contributed by atoms with E-state index >= 15 is 0 Å². The lowest BCUT2D eigenvalue weighted by Crippen LogP contribution is -2.36. The van der Waals surface area contributed by atoms with Crippen molar-refractivity contribution >= 4 is 17.8 Å². The topological polar surface area (TPSA) is 113 Å². The summed E-state index contributed by atoms with van der Waals surface area (Å²) in [6, 6.07) is 2.67. The van der Waals surface area contributed by atoms with Crippen LogP contribution in [0.4, 0.5) is 4.39 Å². The van der Waals surface area contributed by atoms with Crippen molar-refractivity contribution in [3.8, 4) is 11.5 Å². The Bertz CT molecular complexity index is 813. The number of hydrogen-bond acceptors (Lipinski definition) is 7. The standard InChI is InChI=1S/C20H23FO7/c1-11-20(2,21)8-7-15(23)18(25)14(22)6-4-5-12-9-13(27-3)10-16(24)17(12)19(26)28-11/h4-5,7-11,14,18,22,24-25H,6H2,1-3H3/b5-4+,8-7-/t11?,14-,18?,20?/m0/s1. The number of carbonyl (C=O) groups is 2. The van der Waals surface area contributed by atoms with Crippen LogP contribution in [-0.4, -0.2) is 58.2 Å². The van der Waals surface area contributed by atoms with Gasteiger partial charge in [0.25, 0.3) is 0 Å². The van der Waals surface area contributed by atoms with Crippen LogP contribution in [0.15, 0.2) is 30.4 Å². The molecule has 1 aliphatic heterocycles. The molecule has 28 heavy (non-hydrogen) atoms. The van der Waals surface area contributed by atoms with E-state index in [-0.39, 0.29) is 23.3 Å². The van der Waals surface area contributed by atoms with Crippen molar-refractivity contribution in [2.45, 2.75) is 44.2 Å². The Labute approximate surface area is 161 Å². The monoisotopic (exact) mass is 394 g/mol. The Balaban J connectivity index is 2.55. The fourth-order valence-corrected chi connectivity index (χ4v) is 2.56.